The van der Waals surface area contributed by atoms with Crippen LogP contribution in [-0.2, 0) is 0 Å². The number of Topliss-reactive ketones (excluding diaryl/α,β-unsaturated/α-hetero) is 1. The molecule has 0 aromatic heterocycles. The first kappa shape index (κ1) is 15.0. The second-order valence-corrected chi connectivity index (χ2v) is 5.11. The van der Waals surface area contributed by atoms with Crippen LogP contribution in [0.25, 0.3) is 0 Å². The zero-order valence-electron chi connectivity index (χ0n) is 10.2. The summed E-state index contributed by atoms with van der Waals surface area (Å²) in [6.45, 7) is 2.21. The molecular formula is C12H16ClN3OS. The first-order valence-corrected chi connectivity index (χ1v) is 7.30. The van der Waals surface area contributed by atoms with Gasteiger partial charge in [0.15, 0.2) is 5.78 Å². The van der Waals surface area contributed by atoms with Crippen molar-refractivity contribution in [3.63, 3.8) is 0 Å². The minimum Gasteiger partial charge on any atom is -0.295 e. The van der Waals surface area contributed by atoms with E-state index in [4.69, 9.17) is 11.6 Å². The van der Waals surface area contributed by atoms with E-state index in [9.17, 15) is 4.79 Å². The Kier molecular flexibility index (Phi) is 7.44. The minimum atomic E-state index is 0.0551. The number of alkyl halides is 1. The van der Waals surface area contributed by atoms with Crippen LogP contribution < -0.4 is 5.43 Å². The number of nitrogens with one attached hydrogen (secondary N) is 1. The molecule has 4 nitrogen and oxygen atoms in total. The third-order valence-electron chi connectivity index (χ3n) is 2.10. The van der Waals surface area contributed by atoms with E-state index < -0.39 is 0 Å². The summed E-state index contributed by atoms with van der Waals surface area (Å²) < 4.78 is 0. The zero-order chi connectivity index (χ0) is 13.2. The highest BCUT2D eigenvalue weighted by Gasteiger charge is 1.97. The highest BCUT2D eigenvalue weighted by atomic mass is 35.5. The van der Waals surface area contributed by atoms with Crippen molar-refractivity contribution in [3.8, 4) is 0 Å². The van der Waals surface area contributed by atoms with Gasteiger partial charge in [0.05, 0.1) is 12.2 Å². The fraction of sp³-hybridized carbons (Fsp3) is 0.417. The van der Waals surface area contributed by atoms with Crippen LogP contribution in [0.5, 0.6) is 0 Å². The van der Waals surface area contributed by atoms with Crippen molar-refractivity contribution in [2.24, 2.45) is 10.3 Å². The Bertz CT molecular complexity index is 395. The summed E-state index contributed by atoms with van der Waals surface area (Å²) in [4.78, 5) is 11.1. The Morgan fingerprint density at radius 2 is 2.06 bits per heavy atom. The van der Waals surface area contributed by atoms with Gasteiger partial charge in [0.25, 0.3) is 0 Å². The summed E-state index contributed by atoms with van der Waals surface area (Å²) >= 11 is 7.30. The molecule has 1 rings (SSSR count). The standard InChI is InChI=1S/C12H16ClN3OS/c1-10(17)11-2-4-12(5-3-11)15-16-14-7-9-18-8-6-13/h2-5H,6-9H2,1H3,(H,14,15). The van der Waals surface area contributed by atoms with Crippen LogP contribution in [0.1, 0.15) is 17.3 Å². The van der Waals surface area contributed by atoms with E-state index >= 15 is 0 Å². The summed E-state index contributed by atoms with van der Waals surface area (Å²) in [7, 11) is 0. The van der Waals surface area contributed by atoms with Crippen molar-refractivity contribution in [1.82, 2.24) is 0 Å². The van der Waals surface area contributed by atoms with Crippen molar-refractivity contribution in [2.45, 2.75) is 6.92 Å². The molecule has 6 heteroatoms. The Balaban J connectivity index is 2.26. The number of halogens is 1. The summed E-state index contributed by atoms with van der Waals surface area (Å²) in [5, 5.41) is 7.84. The van der Waals surface area contributed by atoms with Gasteiger partial charge in [0, 0.05) is 22.9 Å². The maximum absolute atomic E-state index is 11.1. The number of rotatable bonds is 8. The van der Waals surface area contributed by atoms with Crippen LogP contribution in [-0.4, -0.2) is 29.7 Å². The minimum absolute atomic E-state index is 0.0551. The number of hydrogen-bond donors (Lipinski definition) is 1. The SMILES string of the molecule is CC(=O)c1ccc(NN=NCCSCCCl)cc1. The predicted octanol–water partition coefficient (Wildman–Crippen LogP) is 3.64. The van der Waals surface area contributed by atoms with E-state index in [1.165, 1.54) is 0 Å². The van der Waals surface area contributed by atoms with Gasteiger partial charge in [-0.05, 0) is 31.2 Å². The molecule has 0 radical (unpaired) electrons. The quantitative estimate of drug-likeness (QED) is 0.261. The van der Waals surface area contributed by atoms with E-state index in [0.29, 0.717) is 18.0 Å². The molecule has 0 saturated heterocycles. The topological polar surface area (TPSA) is 53.8 Å². The lowest BCUT2D eigenvalue weighted by Gasteiger charge is -2.00. The number of carbonyl (C=O) groups excluding carboxylic acids is 1. The van der Waals surface area contributed by atoms with Crippen LogP contribution in [0.2, 0.25) is 0 Å². The van der Waals surface area contributed by atoms with Gasteiger partial charge in [-0.15, -0.1) is 11.6 Å². The zero-order valence-corrected chi connectivity index (χ0v) is 11.8. The normalized spacial score (nSPS) is 10.8. The lowest BCUT2D eigenvalue weighted by atomic mass is 10.1. The molecule has 0 unspecified atom stereocenters. The number of benzene rings is 1. The fourth-order valence-electron chi connectivity index (χ4n) is 1.18. The summed E-state index contributed by atoms with van der Waals surface area (Å²) in [5.41, 5.74) is 4.32. The number of ketones is 1. The molecule has 0 saturated carbocycles. The van der Waals surface area contributed by atoms with Crippen LogP contribution >= 0.6 is 23.4 Å². The van der Waals surface area contributed by atoms with Crippen LogP contribution in [0, 0.1) is 0 Å². The average Bonchev–Trinajstić information content (AvgIpc) is 2.38. The van der Waals surface area contributed by atoms with Gasteiger partial charge in [-0.2, -0.15) is 16.9 Å². The van der Waals surface area contributed by atoms with E-state index in [-0.39, 0.29) is 5.78 Å². The molecular weight excluding hydrogens is 270 g/mol. The molecule has 1 aromatic rings. The molecule has 0 aliphatic heterocycles. The first-order chi connectivity index (χ1) is 8.74. The third kappa shape index (κ3) is 6.02. The molecule has 0 aliphatic rings. The summed E-state index contributed by atoms with van der Waals surface area (Å²) in [6.07, 6.45) is 0. The van der Waals surface area contributed by atoms with Crippen molar-refractivity contribution in [2.75, 3.05) is 29.4 Å². The molecule has 0 fully saturated rings. The first-order valence-electron chi connectivity index (χ1n) is 5.61. The second kappa shape index (κ2) is 8.94. The number of nitrogens with zero attached hydrogens (tertiary/aromatic N) is 2. The van der Waals surface area contributed by atoms with Crippen molar-refractivity contribution < 1.29 is 4.79 Å². The van der Waals surface area contributed by atoms with E-state index in [1.54, 1.807) is 43.0 Å². The molecule has 0 spiro atoms. The second-order valence-electron chi connectivity index (χ2n) is 3.51. The molecule has 0 atom stereocenters. The van der Waals surface area contributed by atoms with Gasteiger partial charge in [0.1, 0.15) is 0 Å². The third-order valence-corrected chi connectivity index (χ3v) is 3.48. The maximum atomic E-state index is 11.1. The highest BCUT2D eigenvalue weighted by Crippen LogP contribution is 2.10. The van der Waals surface area contributed by atoms with Crippen molar-refractivity contribution >= 4 is 34.8 Å². The van der Waals surface area contributed by atoms with E-state index in [1.807, 2.05) is 0 Å². The summed E-state index contributed by atoms with van der Waals surface area (Å²) in [5.74, 6) is 2.58. The molecule has 0 amide bonds. The van der Waals surface area contributed by atoms with Crippen LogP contribution in [0.3, 0.4) is 0 Å². The highest BCUT2D eigenvalue weighted by molar-refractivity contribution is 7.99. The molecule has 1 aromatic carbocycles. The molecule has 18 heavy (non-hydrogen) atoms. The van der Waals surface area contributed by atoms with E-state index in [2.05, 4.69) is 15.8 Å². The molecule has 0 aliphatic carbocycles. The van der Waals surface area contributed by atoms with Crippen LogP contribution in [0.4, 0.5) is 5.69 Å². The largest absolute Gasteiger partial charge is 0.295 e. The smallest absolute Gasteiger partial charge is 0.159 e. The predicted molar refractivity (Wildman–Crippen MR) is 77.8 cm³/mol. The van der Waals surface area contributed by atoms with Crippen molar-refractivity contribution in [3.05, 3.63) is 29.8 Å². The molecule has 0 heterocycles. The molecule has 98 valence electrons. The maximum Gasteiger partial charge on any atom is 0.159 e. The monoisotopic (exact) mass is 285 g/mol. The fourth-order valence-corrected chi connectivity index (χ4v) is 2.04. The Morgan fingerprint density at radius 1 is 1.33 bits per heavy atom. The average molecular weight is 286 g/mol. The lowest BCUT2D eigenvalue weighted by molar-refractivity contribution is 0.101. The Hall–Kier alpha value is -1.07. The van der Waals surface area contributed by atoms with Crippen molar-refractivity contribution in [1.29, 1.82) is 0 Å². The Morgan fingerprint density at radius 3 is 2.67 bits per heavy atom. The van der Waals surface area contributed by atoms with Gasteiger partial charge in [0.2, 0.25) is 0 Å². The van der Waals surface area contributed by atoms with Gasteiger partial charge in [-0.3, -0.25) is 10.2 Å². The van der Waals surface area contributed by atoms with Crippen LogP contribution in [0.15, 0.2) is 34.6 Å². The Labute approximate surface area is 116 Å². The summed E-state index contributed by atoms with van der Waals surface area (Å²) in [6, 6.07) is 7.13. The number of hydrogen-bond acceptors (Lipinski definition) is 4. The van der Waals surface area contributed by atoms with E-state index in [0.717, 1.165) is 17.2 Å². The number of thioether (sulfide) groups is 1. The van der Waals surface area contributed by atoms with Gasteiger partial charge in [-0.25, -0.2) is 0 Å². The lowest BCUT2D eigenvalue weighted by Crippen LogP contribution is -1.93. The van der Waals surface area contributed by atoms with Gasteiger partial charge in [-0.1, -0.05) is 5.22 Å². The number of carbonyl (C=O) groups is 1. The van der Waals surface area contributed by atoms with Gasteiger partial charge >= 0.3 is 0 Å². The molecule has 1 N–H and O–H groups in total. The van der Waals surface area contributed by atoms with Gasteiger partial charge < -0.3 is 0 Å². The number of anilines is 1. The molecule has 0 bridgehead atoms.